The highest BCUT2D eigenvalue weighted by atomic mass is 16.5. The number of amides is 1. The molecular formula is C32H34N4O5. The number of aromatic nitrogens is 1. The molecule has 5 rings (SSSR count). The molecular weight excluding hydrogens is 520 g/mol. The van der Waals surface area contributed by atoms with Crippen molar-refractivity contribution in [3.8, 4) is 11.5 Å². The van der Waals surface area contributed by atoms with Crippen LogP contribution in [-0.4, -0.2) is 42.7 Å². The van der Waals surface area contributed by atoms with E-state index in [0.29, 0.717) is 34.7 Å². The molecule has 0 spiro atoms. The molecule has 9 nitrogen and oxygen atoms in total. The van der Waals surface area contributed by atoms with Gasteiger partial charge in [-0.15, -0.1) is 0 Å². The number of methoxy groups -OCH3 is 1. The van der Waals surface area contributed by atoms with Crippen LogP contribution in [0, 0.1) is 0 Å². The molecule has 1 aliphatic rings. The van der Waals surface area contributed by atoms with Crippen LogP contribution in [0.3, 0.4) is 0 Å². The van der Waals surface area contributed by atoms with E-state index in [1.165, 1.54) is 0 Å². The van der Waals surface area contributed by atoms with Gasteiger partial charge in [-0.1, -0.05) is 18.2 Å². The lowest BCUT2D eigenvalue weighted by Gasteiger charge is -2.17. The van der Waals surface area contributed by atoms with Crippen LogP contribution in [0.15, 0.2) is 79.0 Å². The van der Waals surface area contributed by atoms with Crippen molar-refractivity contribution in [3.63, 3.8) is 0 Å². The lowest BCUT2D eigenvalue weighted by molar-refractivity contribution is -0.150. The lowest BCUT2D eigenvalue weighted by Crippen LogP contribution is -2.35. The topological polar surface area (TPSA) is 125 Å². The number of nitrogens with one attached hydrogen (secondary N) is 2. The summed E-state index contributed by atoms with van der Waals surface area (Å²) in [6, 6.07) is 21.3. The van der Waals surface area contributed by atoms with Gasteiger partial charge in [0.1, 0.15) is 12.1 Å². The first-order valence-corrected chi connectivity index (χ1v) is 13.8. The van der Waals surface area contributed by atoms with Gasteiger partial charge >= 0.3 is 5.97 Å². The highest BCUT2D eigenvalue weighted by Gasteiger charge is 2.23. The Morgan fingerprint density at radius 1 is 0.976 bits per heavy atom. The SMILES string of the molecule is COc1cc2c(Nc3ccc(NC(=O)c4ccccc4)cc3)ccnc2cc1OCCC(N)C(=O)OC1CCCC1. The fourth-order valence-corrected chi connectivity index (χ4v) is 4.79. The summed E-state index contributed by atoms with van der Waals surface area (Å²) in [5, 5.41) is 7.16. The Kier molecular flexibility index (Phi) is 8.95. The zero-order valence-electron chi connectivity index (χ0n) is 23.0. The van der Waals surface area contributed by atoms with Crippen LogP contribution < -0.4 is 25.8 Å². The van der Waals surface area contributed by atoms with Crippen LogP contribution in [0.2, 0.25) is 0 Å². The number of esters is 1. The van der Waals surface area contributed by atoms with Crippen LogP contribution in [0.4, 0.5) is 17.1 Å². The van der Waals surface area contributed by atoms with E-state index in [0.717, 1.165) is 42.4 Å². The molecule has 1 fully saturated rings. The first-order chi connectivity index (χ1) is 20.0. The minimum atomic E-state index is -0.742. The van der Waals surface area contributed by atoms with Crippen LogP contribution >= 0.6 is 0 Å². The molecule has 1 aromatic heterocycles. The monoisotopic (exact) mass is 554 g/mol. The van der Waals surface area contributed by atoms with Gasteiger partial charge in [-0.25, -0.2) is 0 Å². The summed E-state index contributed by atoms with van der Waals surface area (Å²) < 4.78 is 17.1. The van der Waals surface area contributed by atoms with E-state index in [-0.39, 0.29) is 24.6 Å². The number of benzene rings is 3. The van der Waals surface area contributed by atoms with Gasteiger partial charge in [-0.3, -0.25) is 14.6 Å². The molecule has 0 bridgehead atoms. The molecule has 4 N–H and O–H groups in total. The minimum Gasteiger partial charge on any atom is -0.493 e. The van der Waals surface area contributed by atoms with Gasteiger partial charge in [0.2, 0.25) is 0 Å². The fraction of sp³-hybridized carbons (Fsp3) is 0.281. The molecule has 0 saturated heterocycles. The molecule has 3 aromatic carbocycles. The predicted molar refractivity (Wildman–Crippen MR) is 159 cm³/mol. The van der Waals surface area contributed by atoms with Crippen molar-refractivity contribution in [2.75, 3.05) is 24.4 Å². The number of ether oxygens (including phenoxy) is 3. The van der Waals surface area contributed by atoms with Crippen molar-refractivity contribution in [1.29, 1.82) is 0 Å². The first kappa shape index (κ1) is 27.9. The van der Waals surface area contributed by atoms with E-state index in [1.807, 2.05) is 60.7 Å². The lowest BCUT2D eigenvalue weighted by atomic mass is 10.1. The summed E-state index contributed by atoms with van der Waals surface area (Å²) in [5.41, 5.74) is 9.72. The van der Waals surface area contributed by atoms with E-state index in [2.05, 4.69) is 15.6 Å². The number of rotatable bonds is 11. The maximum absolute atomic E-state index is 12.4. The van der Waals surface area contributed by atoms with Gasteiger partial charge in [-0.05, 0) is 74.2 Å². The molecule has 1 unspecified atom stereocenters. The summed E-state index contributed by atoms with van der Waals surface area (Å²) >= 11 is 0. The standard InChI is InChI=1S/C32H34N4O5/c1-39-29-19-25-27(35-22-11-13-23(14-12-22)36-31(37)21-7-3-2-4-8-21)15-17-34-28(25)20-30(29)40-18-16-26(33)32(38)41-24-9-5-6-10-24/h2-4,7-8,11-15,17,19-20,24,26H,5-6,9-10,16,18,33H2,1H3,(H,34,35)(H,36,37). The summed E-state index contributed by atoms with van der Waals surface area (Å²) in [6.07, 6.45) is 6.02. The molecule has 1 aliphatic carbocycles. The number of nitrogens with zero attached hydrogens (tertiary/aromatic N) is 1. The summed E-state index contributed by atoms with van der Waals surface area (Å²) in [4.78, 5) is 29.2. The number of carbonyl (C=O) groups is 2. The highest BCUT2D eigenvalue weighted by Crippen LogP contribution is 2.36. The summed E-state index contributed by atoms with van der Waals surface area (Å²) in [5.74, 6) is 0.506. The number of carbonyl (C=O) groups excluding carboxylic acids is 2. The number of anilines is 3. The van der Waals surface area contributed by atoms with Crippen molar-refractivity contribution < 1.29 is 23.8 Å². The van der Waals surface area contributed by atoms with E-state index in [9.17, 15) is 9.59 Å². The van der Waals surface area contributed by atoms with Gasteiger partial charge in [-0.2, -0.15) is 0 Å². The maximum atomic E-state index is 12.4. The average molecular weight is 555 g/mol. The molecule has 1 amide bonds. The molecule has 212 valence electrons. The Morgan fingerprint density at radius 2 is 1.71 bits per heavy atom. The van der Waals surface area contributed by atoms with Crippen LogP contribution in [0.25, 0.3) is 10.9 Å². The number of nitrogens with two attached hydrogens (primary N) is 1. The second-order valence-corrected chi connectivity index (χ2v) is 9.99. The van der Waals surface area contributed by atoms with Crippen LogP contribution in [0.5, 0.6) is 11.5 Å². The molecule has 9 heteroatoms. The predicted octanol–water partition coefficient (Wildman–Crippen LogP) is 5.82. The molecule has 41 heavy (non-hydrogen) atoms. The maximum Gasteiger partial charge on any atom is 0.323 e. The van der Waals surface area contributed by atoms with Crippen molar-refractivity contribution in [2.45, 2.75) is 44.2 Å². The largest absolute Gasteiger partial charge is 0.493 e. The normalized spacial score (nSPS) is 13.9. The van der Waals surface area contributed by atoms with E-state index in [4.69, 9.17) is 19.9 Å². The Hall–Kier alpha value is -4.63. The Morgan fingerprint density at radius 3 is 2.44 bits per heavy atom. The van der Waals surface area contributed by atoms with Crippen molar-refractivity contribution in [2.24, 2.45) is 5.73 Å². The smallest absolute Gasteiger partial charge is 0.323 e. The molecule has 0 radical (unpaired) electrons. The third-order valence-corrected chi connectivity index (χ3v) is 7.06. The second-order valence-electron chi connectivity index (χ2n) is 9.99. The average Bonchev–Trinajstić information content (AvgIpc) is 3.51. The van der Waals surface area contributed by atoms with E-state index in [1.54, 1.807) is 25.4 Å². The number of hydrogen-bond donors (Lipinski definition) is 3. The van der Waals surface area contributed by atoms with Gasteiger partial charge in [0.15, 0.2) is 11.5 Å². The first-order valence-electron chi connectivity index (χ1n) is 13.8. The van der Waals surface area contributed by atoms with Crippen molar-refractivity contribution in [3.05, 3.63) is 84.6 Å². The molecule has 1 heterocycles. The van der Waals surface area contributed by atoms with Crippen LogP contribution in [-0.2, 0) is 9.53 Å². The van der Waals surface area contributed by atoms with E-state index < -0.39 is 6.04 Å². The zero-order chi connectivity index (χ0) is 28.6. The van der Waals surface area contributed by atoms with Gasteiger partial charge in [0.25, 0.3) is 5.91 Å². The highest BCUT2D eigenvalue weighted by molar-refractivity contribution is 6.04. The molecule has 1 atom stereocenters. The minimum absolute atomic E-state index is 0.0117. The molecule has 1 saturated carbocycles. The number of fused-ring (bicyclic) bond motifs is 1. The quantitative estimate of drug-likeness (QED) is 0.198. The third kappa shape index (κ3) is 7.12. The summed E-state index contributed by atoms with van der Waals surface area (Å²) in [7, 11) is 1.57. The number of pyridine rings is 1. The van der Waals surface area contributed by atoms with Gasteiger partial charge in [0.05, 0.1) is 19.2 Å². The van der Waals surface area contributed by atoms with Crippen molar-refractivity contribution in [1.82, 2.24) is 4.98 Å². The Labute approximate surface area is 239 Å². The number of hydrogen-bond acceptors (Lipinski definition) is 8. The third-order valence-electron chi connectivity index (χ3n) is 7.06. The zero-order valence-corrected chi connectivity index (χ0v) is 23.0. The van der Waals surface area contributed by atoms with E-state index >= 15 is 0 Å². The Balaban J connectivity index is 1.22. The van der Waals surface area contributed by atoms with Crippen LogP contribution in [0.1, 0.15) is 42.5 Å². The van der Waals surface area contributed by atoms with Gasteiger partial charge < -0.3 is 30.6 Å². The molecule has 4 aromatic rings. The Bertz CT molecular complexity index is 1490. The van der Waals surface area contributed by atoms with Crippen molar-refractivity contribution >= 4 is 39.8 Å². The fourth-order valence-electron chi connectivity index (χ4n) is 4.79. The van der Waals surface area contributed by atoms with Gasteiger partial charge in [0, 0.05) is 46.7 Å². The summed E-state index contributed by atoms with van der Waals surface area (Å²) in [6.45, 7) is 0.230. The molecule has 0 aliphatic heterocycles. The second kappa shape index (κ2) is 13.1.